The molecule has 7 rings (SSSR count). The monoisotopic (exact) mass is 551 g/mol. The summed E-state index contributed by atoms with van der Waals surface area (Å²) in [6.45, 7) is 9.61. The SMILES string of the molecule is CO[C@@H]1CN(c2ccc(C3CN([C@@H]4CCN5[C@@H](C4)CN(c4ccc(C#N)c6ncccc46)C[C@H]5C)C3)cc2)C[C@H]1N. The molecule has 8 heteroatoms. The molecular formula is C33H41N7O. The Morgan fingerprint density at radius 1 is 0.951 bits per heavy atom. The van der Waals surface area contributed by atoms with Crippen molar-refractivity contribution in [2.45, 2.75) is 56.0 Å². The van der Waals surface area contributed by atoms with Crippen LogP contribution in [0.2, 0.25) is 0 Å². The van der Waals surface area contributed by atoms with Crippen LogP contribution in [0.4, 0.5) is 11.4 Å². The minimum atomic E-state index is 0.0750. The van der Waals surface area contributed by atoms with Crippen LogP contribution in [0.5, 0.6) is 0 Å². The number of piperidine rings is 1. The number of ether oxygens (including phenoxy) is 1. The largest absolute Gasteiger partial charge is 0.378 e. The Morgan fingerprint density at radius 2 is 1.78 bits per heavy atom. The zero-order valence-corrected chi connectivity index (χ0v) is 24.2. The number of likely N-dealkylation sites (tertiary alicyclic amines) is 1. The molecule has 41 heavy (non-hydrogen) atoms. The lowest BCUT2D eigenvalue weighted by Crippen LogP contribution is -2.64. The fourth-order valence-corrected chi connectivity index (χ4v) is 7.85. The van der Waals surface area contributed by atoms with Gasteiger partial charge in [0.05, 0.1) is 23.2 Å². The van der Waals surface area contributed by atoms with Crippen molar-refractivity contribution < 1.29 is 4.74 Å². The van der Waals surface area contributed by atoms with Gasteiger partial charge in [-0.15, -0.1) is 0 Å². The third-order valence-electron chi connectivity index (χ3n) is 10.2. The van der Waals surface area contributed by atoms with Gasteiger partial charge in [-0.05, 0) is 61.7 Å². The first-order valence-electron chi connectivity index (χ1n) is 15.2. The van der Waals surface area contributed by atoms with E-state index in [4.69, 9.17) is 10.5 Å². The smallest absolute Gasteiger partial charge is 0.101 e. The molecule has 3 aromatic rings. The molecule has 2 aromatic carbocycles. The molecule has 0 radical (unpaired) electrons. The number of anilines is 2. The van der Waals surface area contributed by atoms with Gasteiger partial charge in [0.1, 0.15) is 6.07 Å². The minimum Gasteiger partial charge on any atom is -0.378 e. The Balaban J connectivity index is 0.988. The van der Waals surface area contributed by atoms with Crippen molar-refractivity contribution in [3.63, 3.8) is 0 Å². The molecule has 0 amide bonds. The maximum atomic E-state index is 9.59. The fourth-order valence-electron chi connectivity index (χ4n) is 7.85. The Hall–Kier alpha value is -3.22. The number of methoxy groups -OCH3 is 1. The molecule has 0 spiro atoms. The molecule has 0 bridgehead atoms. The van der Waals surface area contributed by atoms with Gasteiger partial charge in [0.15, 0.2) is 0 Å². The second kappa shape index (κ2) is 10.9. The first-order valence-corrected chi connectivity index (χ1v) is 15.2. The minimum absolute atomic E-state index is 0.0750. The summed E-state index contributed by atoms with van der Waals surface area (Å²) < 4.78 is 5.53. The van der Waals surface area contributed by atoms with E-state index < -0.39 is 0 Å². The van der Waals surface area contributed by atoms with Crippen molar-refractivity contribution in [1.82, 2.24) is 14.8 Å². The molecule has 0 aliphatic carbocycles. The van der Waals surface area contributed by atoms with E-state index in [1.165, 1.54) is 36.3 Å². The average Bonchev–Trinajstić information content (AvgIpc) is 3.36. The van der Waals surface area contributed by atoms with E-state index >= 15 is 0 Å². The Morgan fingerprint density at radius 3 is 2.54 bits per heavy atom. The van der Waals surface area contributed by atoms with E-state index in [1.807, 2.05) is 12.1 Å². The van der Waals surface area contributed by atoms with Crippen LogP contribution in [0.15, 0.2) is 54.7 Å². The Labute approximate surface area is 243 Å². The van der Waals surface area contributed by atoms with Crippen LogP contribution in [0.1, 0.15) is 36.8 Å². The highest BCUT2D eigenvalue weighted by Gasteiger charge is 2.42. The summed E-state index contributed by atoms with van der Waals surface area (Å²) in [4.78, 5) is 14.9. The fraction of sp³-hybridized carbons (Fsp3) is 0.515. The molecule has 5 atom stereocenters. The summed E-state index contributed by atoms with van der Waals surface area (Å²) in [5, 5.41) is 10.7. The van der Waals surface area contributed by atoms with E-state index in [0.29, 0.717) is 29.6 Å². The molecule has 214 valence electrons. The number of hydrogen-bond donors (Lipinski definition) is 1. The van der Waals surface area contributed by atoms with Crippen molar-refractivity contribution in [1.29, 1.82) is 5.26 Å². The number of nitriles is 1. The number of rotatable bonds is 5. The first kappa shape index (κ1) is 26.7. The van der Waals surface area contributed by atoms with Crippen molar-refractivity contribution in [2.75, 3.05) is 62.7 Å². The zero-order chi connectivity index (χ0) is 28.1. The molecule has 2 N–H and O–H groups in total. The standard InChI is InChI=1S/C33H41N7O/c1-22-16-39(31-10-7-24(15-34)33-29(31)4-3-12-36-33)19-28-14-27(11-13-40(22)28)37-17-25(18-37)23-5-8-26(9-6-23)38-20-30(35)32(21-38)41-2/h3-10,12,22,25,27-28,30,32H,11,13-14,16-21,35H2,1-2H3/t22-,27-,28+,30-,32-/m1/s1. The summed E-state index contributed by atoms with van der Waals surface area (Å²) >= 11 is 0. The normalized spacial score (nSPS) is 29.4. The van der Waals surface area contributed by atoms with Gasteiger partial charge in [-0.2, -0.15) is 5.26 Å². The van der Waals surface area contributed by atoms with E-state index in [2.05, 4.69) is 74.0 Å². The van der Waals surface area contributed by atoms with Gasteiger partial charge in [0.2, 0.25) is 0 Å². The van der Waals surface area contributed by atoms with Crippen LogP contribution >= 0.6 is 0 Å². The van der Waals surface area contributed by atoms with Crippen molar-refractivity contribution >= 4 is 22.3 Å². The molecule has 4 aliphatic heterocycles. The molecule has 4 aliphatic rings. The number of pyridine rings is 1. The molecule has 0 saturated carbocycles. The predicted octanol–water partition coefficient (Wildman–Crippen LogP) is 3.41. The van der Waals surface area contributed by atoms with E-state index in [1.54, 1.807) is 13.3 Å². The highest BCUT2D eigenvalue weighted by Crippen LogP contribution is 2.37. The van der Waals surface area contributed by atoms with Crippen LogP contribution in [0.25, 0.3) is 10.9 Å². The molecule has 8 nitrogen and oxygen atoms in total. The van der Waals surface area contributed by atoms with Gasteiger partial charge in [0, 0.05) is 99.9 Å². The summed E-state index contributed by atoms with van der Waals surface area (Å²) in [5.74, 6) is 0.619. The maximum absolute atomic E-state index is 9.59. The summed E-state index contributed by atoms with van der Waals surface area (Å²) in [6, 6.07) is 21.4. The van der Waals surface area contributed by atoms with Crippen LogP contribution in [-0.2, 0) is 4.74 Å². The average molecular weight is 552 g/mol. The van der Waals surface area contributed by atoms with Gasteiger partial charge in [-0.3, -0.25) is 14.8 Å². The van der Waals surface area contributed by atoms with Crippen LogP contribution in [-0.4, -0.2) is 98.0 Å². The lowest BCUT2D eigenvalue weighted by atomic mass is 9.85. The van der Waals surface area contributed by atoms with Crippen molar-refractivity contribution in [3.8, 4) is 6.07 Å². The number of aromatic nitrogens is 1. The highest BCUT2D eigenvalue weighted by molar-refractivity contribution is 5.95. The topological polar surface area (TPSA) is 84.9 Å². The number of fused-ring (bicyclic) bond motifs is 2. The summed E-state index contributed by atoms with van der Waals surface area (Å²) in [7, 11) is 1.75. The second-order valence-electron chi connectivity index (χ2n) is 12.6. The molecule has 4 fully saturated rings. The quantitative estimate of drug-likeness (QED) is 0.517. The molecule has 5 heterocycles. The Bertz CT molecular complexity index is 1430. The van der Waals surface area contributed by atoms with Gasteiger partial charge in [-0.25, -0.2) is 0 Å². The number of hydrogen-bond acceptors (Lipinski definition) is 8. The van der Waals surface area contributed by atoms with E-state index in [9.17, 15) is 5.26 Å². The Kier molecular flexibility index (Phi) is 7.08. The maximum Gasteiger partial charge on any atom is 0.101 e. The summed E-state index contributed by atoms with van der Waals surface area (Å²) in [6.07, 6.45) is 4.37. The van der Waals surface area contributed by atoms with Crippen LogP contribution < -0.4 is 15.5 Å². The second-order valence-corrected chi connectivity index (χ2v) is 12.6. The van der Waals surface area contributed by atoms with E-state index in [-0.39, 0.29) is 12.1 Å². The number of benzene rings is 2. The molecule has 4 saturated heterocycles. The van der Waals surface area contributed by atoms with Crippen LogP contribution in [0.3, 0.4) is 0 Å². The third-order valence-corrected chi connectivity index (χ3v) is 10.2. The highest BCUT2D eigenvalue weighted by atomic mass is 16.5. The number of nitrogens with zero attached hydrogens (tertiary/aromatic N) is 6. The van der Waals surface area contributed by atoms with Gasteiger partial charge in [0.25, 0.3) is 0 Å². The zero-order valence-electron chi connectivity index (χ0n) is 24.2. The molecule has 0 unspecified atom stereocenters. The van der Waals surface area contributed by atoms with Crippen molar-refractivity contribution in [3.05, 3.63) is 65.9 Å². The van der Waals surface area contributed by atoms with E-state index in [0.717, 1.165) is 50.2 Å². The van der Waals surface area contributed by atoms with Gasteiger partial charge in [-0.1, -0.05) is 12.1 Å². The van der Waals surface area contributed by atoms with Gasteiger partial charge >= 0.3 is 0 Å². The predicted molar refractivity (Wildman–Crippen MR) is 163 cm³/mol. The van der Waals surface area contributed by atoms with Gasteiger partial charge < -0.3 is 20.3 Å². The van der Waals surface area contributed by atoms with Crippen molar-refractivity contribution in [2.24, 2.45) is 5.73 Å². The first-order chi connectivity index (χ1) is 20.0. The van der Waals surface area contributed by atoms with Crippen LogP contribution in [0, 0.1) is 11.3 Å². The summed E-state index contributed by atoms with van der Waals surface area (Å²) in [5.41, 5.74) is 11.6. The number of piperazine rings is 1. The lowest BCUT2D eigenvalue weighted by molar-refractivity contribution is 0.00151. The lowest BCUT2D eigenvalue weighted by Gasteiger charge is -2.54. The third kappa shape index (κ3) is 4.85. The molecular weight excluding hydrogens is 510 g/mol. The molecule has 1 aromatic heterocycles. The number of nitrogens with two attached hydrogens (primary N) is 1.